The van der Waals surface area contributed by atoms with Gasteiger partial charge in [0.15, 0.2) is 5.76 Å². The highest BCUT2D eigenvalue weighted by molar-refractivity contribution is 5.95. The Morgan fingerprint density at radius 1 is 1.23 bits per heavy atom. The molecule has 2 aliphatic rings. The van der Waals surface area contributed by atoms with Gasteiger partial charge in [0.05, 0.1) is 19.5 Å². The molecule has 3 heterocycles. The van der Waals surface area contributed by atoms with Gasteiger partial charge in [-0.1, -0.05) is 0 Å². The highest BCUT2D eigenvalue weighted by Gasteiger charge is 2.27. The second kappa shape index (κ2) is 9.19. The van der Waals surface area contributed by atoms with Crippen LogP contribution in [0.15, 0.2) is 22.8 Å². The molecular weight excluding hydrogens is 334 g/mol. The second-order valence-electron chi connectivity index (χ2n) is 7.18. The van der Waals surface area contributed by atoms with Crippen LogP contribution in [0.5, 0.6) is 0 Å². The first-order valence-electron chi connectivity index (χ1n) is 9.56. The monoisotopic (exact) mass is 363 g/mol. The van der Waals surface area contributed by atoms with E-state index in [9.17, 15) is 9.59 Å². The average molecular weight is 363 g/mol. The van der Waals surface area contributed by atoms with E-state index in [0.29, 0.717) is 5.92 Å². The van der Waals surface area contributed by atoms with Gasteiger partial charge in [-0.2, -0.15) is 0 Å². The molecule has 2 amide bonds. The minimum Gasteiger partial charge on any atom is -0.459 e. The van der Waals surface area contributed by atoms with Gasteiger partial charge in [-0.05, 0) is 50.8 Å². The van der Waals surface area contributed by atoms with E-state index < -0.39 is 6.04 Å². The molecule has 1 aromatic heterocycles. The maximum Gasteiger partial charge on any atom is 0.287 e. The highest BCUT2D eigenvalue weighted by atomic mass is 16.5. The Hall–Kier alpha value is -1.86. The topological polar surface area (TPSA) is 75.0 Å². The molecule has 1 aromatic rings. The normalized spacial score (nSPS) is 20.7. The fourth-order valence-corrected chi connectivity index (χ4v) is 3.64. The zero-order valence-electron chi connectivity index (χ0n) is 15.5. The summed E-state index contributed by atoms with van der Waals surface area (Å²) in [5, 5.41) is 2.72. The van der Waals surface area contributed by atoms with E-state index in [2.05, 4.69) is 10.2 Å². The lowest BCUT2D eigenvalue weighted by Crippen LogP contribution is -2.49. The first-order chi connectivity index (χ1) is 12.6. The molecule has 2 saturated heterocycles. The largest absolute Gasteiger partial charge is 0.459 e. The van der Waals surface area contributed by atoms with Crippen LogP contribution < -0.4 is 5.32 Å². The van der Waals surface area contributed by atoms with Crippen molar-refractivity contribution >= 4 is 11.8 Å². The molecule has 0 aromatic carbocycles. The number of nitrogens with zero attached hydrogens (tertiary/aromatic N) is 2. The lowest BCUT2D eigenvalue weighted by atomic mass is 9.93. The van der Waals surface area contributed by atoms with E-state index in [1.54, 1.807) is 19.1 Å². The number of carbonyl (C=O) groups is 2. The van der Waals surface area contributed by atoms with E-state index in [1.165, 1.54) is 12.7 Å². The predicted octanol–water partition coefficient (Wildman–Crippen LogP) is 1.36. The molecule has 7 heteroatoms. The Bertz CT molecular complexity index is 576. The Labute approximate surface area is 154 Å². The highest BCUT2D eigenvalue weighted by Crippen LogP contribution is 2.21. The Balaban J connectivity index is 1.38. The number of piperidine rings is 1. The van der Waals surface area contributed by atoms with Crippen molar-refractivity contribution < 1.29 is 18.7 Å². The summed E-state index contributed by atoms with van der Waals surface area (Å²) < 4.78 is 10.4. The van der Waals surface area contributed by atoms with Crippen molar-refractivity contribution in [3.63, 3.8) is 0 Å². The number of likely N-dealkylation sites (tertiary alicyclic amines) is 1. The molecule has 2 aliphatic heterocycles. The first-order valence-corrected chi connectivity index (χ1v) is 9.56. The van der Waals surface area contributed by atoms with Crippen LogP contribution in [-0.4, -0.2) is 73.6 Å². The second-order valence-corrected chi connectivity index (χ2v) is 7.18. The number of rotatable bonds is 6. The number of amides is 2. The third kappa shape index (κ3) is 5.08. The molecule has 0 bridgehead atoms. The molecule has 0 aliphatic carbocycles. The van der Waals surface area contributed by atoms with Crippen molar-refractivity contribution in [2.75, 3.05) is 45.9 Å². The summed E-state index contributed by atoms with van der Waals surface area (Å²) in [6.45, 7) is 8.14. The third-order valence-corrected chi connectivity index (χ3v) is 5.35. The van der Waals surface area contributed by atoms with E-state index in [-0.39, 0.29) is 17.6 Å². The summed E-state index contributed by atoms with van der Waals surface area (Å²) in [5.41, 5.74) is 0. The van der Waals surface area contributed by atoms with E-state index >= 15 is 0 Å². The number of carbonyl (C=O) groups excluding carboxylic acids is 2. The fraction of sp³-hybridized carbons (Fsp3) is 0.684. The first kappa shape index (κ1) is 18.9. The summed E-state index contributed by atoms with van der Waals surface area (Å²) in [5.74, 6) is 0.536. The van der Waals surface area contributed by atoms with Crippen LogP contribution in [0.2, 0.25) is 0 Å². The molecule has 26 heavy (non-hydrogen) atoms. The quantitative estimate of drug-likeness (QED) is 0.826. The van der Waals surface area contributed by atoms with Gasteiger partial charge < -0.3 is 19.4 Å². The summed E-state index contributed by atoms with van der Waals surface area (Å²) in [6, 6.07) is 2.70. The maximum atomic E-state index is 12.6. The third-order valence-electron chi connectivity index (χ3n) is 5.35. The number of hydrogen-bond acceptors (Lipinski definition) is 5. The predicted molar refractivity (Wildman–Crippen MR) is 96.8 cm³/mol. The maximum absolute atomic E-state index is 12.6. The molecule has 1 unspecified atom stereocenters. The van der Waals surface area contributed by atoms with Gasteiger partial charge in [-0.3, -0.25) is 14.5 Å². The molecule has 7 nitrogen and oxygen atoms in total. The van der Waals surface area contributed by atoms with Crippen molar-refractivity contribution in [2.24, 2.45) is 5.92 Å². The minimum atomic E-state index is -0.544. The summed E-state index contributed by atoms with van der Waals surface area (Å²) in [4.78, 5) is 28.9. The number of hydrogen-bond donors (Lipinski definition) is 1. The number of ether oxygens (including phenoxy) is 1. The molecule has 0 saturated carbocycles. The Morgan fingerprint density at radius 2 is 1.96 bits per heavy atom. The lowest BCUT2D eigenvalue weighted by molar-refractivity contribution is -0.134. The van der Waals surface area contributed by atoms with Gasteiger partial charge in [0.2, 0.25) is 5.91 Å². The molecule has 3 rings (SSSR count). The summed E-state index contributed by atoms with van der Waals surface area (Å²) in [7, 11) is 0. The lowest BCUT2D eigenvalue weighted by Gasteiger charge is -2.35. The van der Waals surface area contributed by atoms with Gasteiger partial charge in [-0.15, -0.1) is 0 Å². The van der Waals surface area contributed by atoms with Crippen LogP contribution in [0.3, 0.4) is 0 Å². The van der Waals surface area contributed by atoms with Gasteiger partial charge in [-0.25, -0.2) is 0 Å². The van der Waals surface area contributed by atoms with Crippen molar-refractivity contribution in [3.8, 4) is 0 Å². The average Bonchev–Trinajstić information content (AvgIpc) is 3.22. The van der Waals surface area contributed by atoms with Crippen LogP contribution in [0, 0.1) is 5.92 Å². The molecule has 1 atom stereocenters. The summed E-state index contributed by atoms with van der Waals surface area (Å²) in [6.07, 6.45) is 4.71. The number of morpholine rings is 1. The van der Waals surface area contributed by atoms with E-state index in [0.717, 1.165) is 58.8 Å². The van der Waals surface area contributed by atoms with E-state index in [4.69, 9.17) is 9.15 Å². The van der Waals surface area contributed by atoms with Crippen molar-refractivity contribution in [1.29, 1.82) is 0 Å². The van der Waals surface area contributed by atoms with Crippen LogP contribution in [0.1, 0.15) is 36.7 Å². The van der Waals surface area contributed by atoms with Crippen molar-refractivity contribution in [2.45, 2.75) is 32.2 Å². The van der Waals surface area contributed by atoms with Gasteiger partial charge in [0.1, 0.15) is 6.04 Å². The zero-order valence-corrected chi connectivity index (χ0v) is 15.5. The van der Waals surface area contributed by atoms with Crippen molar-refractivity contribution in [1.82, 2.24) is 15.1 Å². The fourth-order valence-electron chi connectivity index (χ4n) is 3.64. The van der Waals surface area contributed by atoms with Crippen LogP contribution in [0.4, 0.5) is 0 Å². The SMILES string of the molecule is CC(NC(=O)c1ccco1)C(=O)N1CCC(CCN2CCOCC2)CC1. The number of nitrogens with one attached hydrogen (secondary N) is 1. The molecule has 0 radical (unpaired) electrons. The van der Waals surface area contributed by atoms with Gasteiger partial charge in [0.25, 0.3) is 5.91 Å². The van der Waals surface area contributed by atoms with Crippen LogP contribution in [0.25, 0.3) is 0 Å². The van der Waals surface area contributed by atoms with Crippen LogP contribution >= 0.6 is 0 Å². The molecular formula is C19H29N3O4. The summed E-state index contributed by atoms with van der Waals surface area (Å²) >= 11 is 0. The van der Waals surface area contributed by atoms with Crippen molar-refractivity contribution in [3.05, 3.63) is 24.2 Å². The Kier molecular flexibility index (Phi) is 6.68. The van der Waals surface area contributed by atoms with Gasteiger partial charge in [0, 0.05) is 26.2 Å². The zero-order chi connectivity index (χ0) is 18.4. The van der Waals surface area contributed by atoms with E-state index in [1.807, 2.05) is 4.90 Å². The van der Waals surface area contributed by atoms with Gasteiger partial charge >= 0.3 is 0 Å². The smallest absolute Gasteiger partial charge is 0.287 e. The Morgan fingerprint density at radius 3 is 2.62 bits per heavy atom. The number of furan rings is 1. The van der Waals surface area contributed by atoms with Crippen LogP contribution in [-0.2, 0) is 9.53 Å². The molecule has 144 valence electrons. The molecule has 1 N–H and O–H groups in total. The minimum absolute atomic E-state index is 0.0171. The molecule has 0 spiro atoms. The molecule has 2 fully saturated rings. The standard InChI is InChI=1S/C19H29N3O4/c1-15(20-18(23)17-3-2-12-26-17)19(24)22-8-5-16(6-9-22)4-7-21-10-13-25-14-11-21/h2-3,12,15-16H,4-11,13-14H2,1H3,(H,20,23).